The lowest BCUT2D eigenvalue weighted by Gasteiger charge is -2.49. The summed E-state index contributed by atoms with van der Waals surface area (Å²) in [6.07, 6.45) is -3.61. The van der Waals surface area contributed by atoms with Crippen molar-refractivity contribution in [3.8, 4) is 0 Å². The maximum Gasteiger partial charge on any atom is 0.471 e. The van der Waals surface area contributed by atoms with Crippen LogP contribution in [0.25, 0.3) is 0 Å². The fraction of sp³-hybridized carbons (Fsp3) is 0.269. The number of rotatable bonds is 13. The van der Waals surface area contributed by atoms with Crippen molar-refractivity contribution in [2.45, 2.75) is 35.9 Å². The van der Waals surface area contributed by atoms with Gasteiger partial charge in [-0.15, -0.1) is 34.8 Å². The highest BCUT2D eigenvalue weighted by molar-refractivity contribution is 8.01. The number of carbonyl (C=O) groups is 4. The molecule has 4 heterocycles. The number of alkyl halides is 3. The number of β-lactam (4-membered cyclic amide) rings is 1. The van der Waals surface area contributed by atoms with E-state index in [1.807, 2.05) is 0 Å². The first-order valence-corrected chi connectivity index (χ1v) is 16.3. The number of carbonyl (C=O) groups excluding carboxylic acids is 3. The SMILES string of the molecule is C=CCn1nnnc1SCC1=C(C(=O)O)N2C(=O)C(NC(=O)/C(=N/OCc3ccc(F)cc3)c3csc(NC(=O)C(F)(F)F)n3)C2SC1. The van der Waals surface area contributed by atoms with Crippen LogP contribution in [0.3, 0.4) is 0 Å². The van der Waals surface area contributed by atoms with E-state index in [2.05, 4.69) is 37.6 Å². The molecule has 0 saturated carbocycles. The van der Waals surface area contributed by atoms with Gasteiger partial charge in [-0.05, 0) is 33.7 Å². The normalized spacial score (nSPS) is 17.8. The molecule has 1 aromatic carbocycles. The Bertz CT molecular complexity index is 1810. The number of halogens is 4. The highest BCUT2D eigenvalue weighted by Gasteiger charge is 2.54. The van der Waals surface area contributed by atoms with E-state index in [1.165, 1.54) is 40.3 Å². The highest BCUT2D eigenvalue weighted by Crippen LogP contribution is 2.41. The lowest BCUT2D eigenvalue weighted by molar-refractivity contribution is -0.167. The number of nitrogens with one attached hydrogen (secondary N) is 2. The van der Waals surface area contributed by atoms with Gasteiger partial charge >= 0.3 is 18.1 Å². The number of aliphatic carboxylic acids is 1. The van der Waals surface area contributed by atoms with Crippen molar-refractivity contribution < 1.29 is 46.7 Å². The molecular formula is C26H21F4N9O6S3. The predicted molar refractivity (Wildman–Crippen MR) is 163 cm³/mol. The Labute approximate surface area is 279 Å². The fourth-order valence-corrected chi connectivity index (χ4v) is 7.32. The van der Waals surface area contributed by atoms with Gasteiger partial charge in [0.05, 0.1) is 6.54 Å². The second-order valence-electron chi connectivity index (χ2n) is 9.67. The summed E-state index contributed by atoms with van der Waals surface area (Å²) in [6, 6.07) is 3.90. The Kier molecular flexibility index (Phi) is 10.4. The van der Waals surface area contributed by atoms with E-state index >= 15 is 0 Å². The zero-order valence-electron chi connectivity index (χ0n) is 24.0. The molecule has 1 fully saturated rings. The van der Waals surface area contributed by atoms with Crippen LogP contribution in [0, 0.1) is 5.82 Å². The number of tetrazole rings is 1. The number of nitrogens with zero attached hydrogens (tertiary/aromatic N) is 7. The molecule has 252 valence electrons. The maximum atomic E-state index is 13.4. The topological polar surface area (TPSA) is 194 Å². The van der Waals surface area contributed by atoms with Crippen molar-refractivity contribution >= 4 is 69.4 Å². The van der Waals surface area contributed by atoms with E-state index in [9.17, 15) is 41.8 Å². The van der Waals surface area contributed by atoms with Gasteiger partial charge < -0.3 is 15.3 Å². The Hall–Kier alpha value is -4.83. The molecule has 2 aliphatic heterocycles. The molecule has 3 amide bonds. The van der Waals surface area contributed by atoms with Crippen molar-refractivity contribution in [1.29, 1.82) is 0 Å². The van der Waals surface area contributed by atoms with E-state index < -0.39 is 57.9 Å². The number of benzene rings is 1. The first-order valence-electron chi connectivity index (χ1n) is 13.4. The lowest BCUT2D eigenvalue weighted by atomic mass is 10.0. The molecule has 2 aromatic heterocycles. The minimum Gasteiger partial charge on any atom is -0.477 e. The fourth-order valence-electron chi connectivity index (χ4n) is 4.26. The van der Waals surface area contributed by atoms with Crippen molar-refractivity contribution in [1.82, 2.24) is 35.4 Å². The van der Waals surface area contributed by atoms with Gasteiger partial charge in [0, 0.05) is 16.9 Å². The lowest BCUT2D eigenvalue weighted by Crippen LogP contribution is -2.71. The molecule has 1 saturated heterocycles. The van der Waals surface area contributed by atoms with E-state index in [-0.39, 0.29) is 29.5 Å². The average molecular weight is 728 g/mol. The number of aromatic nitrogens is 5. The standard InChI is InChI=1S/C26H21F4N9O6S3/c1-2-7-38-25(34-36-37-38)48-10-13-9-46-21-17(20(41)39(21)18(13)22(42)43)32-19(40)16(35-45-8-12-3-5-14(27)6-4-12)15-11-47-24(31-15)33-23(44)26(28,29)30/h2-6,11,17,21H,1,7-10H2,(H,32,40)(H,42,43)(H,31,33,44)/b35-16+. The summed E-state index contributed by atoms with van der Waals surface area (Å²) in [4.78, 5) is 60.4. The van der Waals surface area contributed by atoms with Gasteiger partial charge in [0.1, 0.15) is 35.2 Å². The van der Waals surface area contributed by atoms with E-state index in [0.29, 0.717) is 34.2 Å². The Balaban J connectivity index is 1.32. The van der Waals surface area contributed by atoms with Gasteiger partial charge in [-0.1, -0.05) is 35.1 Å². The number of carboxylic acids is 1. The molecule has 2 unspecified atom stereocenters. The summed E-state index contributed by atoms with van der Waals surface area (Å²) < 4.78 is 52.9. The Morgan fingerprint density at radius 1 is 1.25 bits per heavy atom. The number of carboxylic acid groups (broad SMARTS) is 1. The van der Waals surface area contributed by atoms with Crippen LogP contribution in [0.1, 0.15) is 11.3 Å². The number of hydrogen-bond acceptors (Lipinski definition) is 13. The molecule has 22 heteroatoms. The number of oxime groups is 1. The summed E-state index contributed by atoms with van der Waals surface area (Å²) in [5.41, 5.74) is -0.216. The van der Waals surface area contributed by atoms with Crippen LogP contribution < -0.4 is 10.6 Å². The molecule has 0 radical (unpaired) electrons. The second kappa shape index (κ2) is 14.5. The molecule has 0 bridgehead atoms. The van der Waals surface area contributed by atoms with Crippen LogP contribution in [0.4, 0.5) is 22.7 Å². The van der Waals surface area contributed by atoms with Crippen LogP contribution >= 0.6 is 34.9 Å². The summed E-state index contributed by atoms with van der Waals surface area (Å²) in [5.74, 6) is -5.57. The number of thioether (sulfide) groups is 2. The third kappa shape index (κ3) is 7.65. The molecule has 2 atom stereocenters. The largest absolute Gasteiger partial charge is 0.477 e. The first kappa shape index (κ1) is 34.5. The summed E-state index contributed by atoms with van der Waals surface area (Å²) in [6.45, 7) is 3.71. The van der Waals surface area contributed by atoms with Crippen LogP contribution in [0.15, 0.2) is 63.9 Å². The van der Waals surface area contributed by atoms with Gasteiger partial charge in [-0.25, -0.2) is 18.9 Å². The van der Waals surface area contributed by atoms with Crippen molar-refractivity contribution in [3.63, 3.8) is 0 Å². The predicted octanol–water partition coefficient (Wildman–Crippen LogP) is 2.41. The third-order valence-corrected chi connectivity index (χ3v) is 9.59. The van der Waals surface area contributed by atoms with Crippen molar-refractivity contribution in [3.05, 3.63) is 70.6 Å². The zero-order valence-corrected chi connectivity index (χ0v) is 26.5. The van der Waals surface area contributed by atoms with E-state index in [0.717, 1.165) is 22.4 Å². The second-order valence-corrected chi connectivity index (χ2v) is 12.6. The minimum absolute atomic E-state index is 0.152. The number of amides is 3. The Morgan fingerprint density at radius 2 is 2.00 bits per heavy atom. The summed E-state index contributed by atoms with van der Waals surface area (Å²) >= 11 is 2.93. The van der Waals surface area contributed by atoms with Crippen molar-refractivity contribution in [2.24, 2.45) is 5.16 Å². The molecule has 48 heavy (non-hydrogen) atoms. The molecule has 2 aliphatic rings. The first-order chi connectivity index (χ1) is 22.9. The molecule has 3 aromatic rings. The van der Waals surface area contributed by atoms with Crippen LogP contribution in [0.5, 0.6) is 0 Å². The van der Waals surface area contributed by atoms with Crippen LogP contribution in [-0.2, 0) is 37.2 Å². The summed E-state index contributed by atoms with van der Waals surface area (Å²) in [5, 5.41) is 29.4. The van der Waals surface area contributed by atoms with Crippen molar-refractivity contribution in [2.75, 3.05) is 16.8 Å². The summed E-state index contributed by atoms with van der Waals surface area (Å²) in [7, 11) is 0. The quantitative estimate of drug-likeness (QED) is 0.0583. The maximum absolute atomic E-state index is 13.4. The number of fused-ring (bicyclic) bond motifs is 1. The number of thiazole rings is 1. The molecular weight excluding hydrogens is 707 g/mol. The Morgan fingerprint density at radius 3 is 2.69 bits per heavy atom. The zero-order chi connectivity index (χ0) is 34.6. The number of allylic oxidation sites excluding steroid dienone is 1. The molecule has 0 aliphatic carbocycles. The molecule has 3 N–H and O–H groups in total. The minimum atomic E-state index is -5.20. The van der Waals surface area contributed by atoms with Gasteiger partial charge in [0.15, 0.2) is 10.8 Å². The van der Waals surface area contributed by atoms with E-state index in [1.54, 1.807) is 11.4 Å². The number of anilines is 1. The third-order valence-electron chi connectivity index (χ3n) is 6.45. The smallest absolute Gasteiger partial charge is 0.471 e. The van der Waals surface area contributed by atoms with Crippen LogP contribution in [-0.4, -0.2) is 93.7 Å². The monoisotopic (exact) mass is 727 g/mol. The van der Waals surface area contributed by atoms with Gasteiger partial charge in [-0.3, -0.25) is 24.6 Å². The molecule has 5 rings (SSSR count). The molecule has 0 spiro atoms. The highest BCUT2D eigenvalue weighted by atomic mass is 32.2. The van der Waals surface area contributed by atoms with E-state index in [4.69, 9.17) is 4.84 Å². The van der Waals surface area contributed by atoms with Gasteiger partial charge in [-0.2, -0.15) is 13.2 Å². The van der Waals surface area contributed by atoms with Gasteiger partial charge in [0.2, 0.25) is 5.16 Å². The van der Waals surface area contributed by atoms with Gasteiger partial charge in [0.25, 0.3) is 11.8 Å². The average Bonchev–Trinajstić information content (AvgIpc) is 3.70. The molecule has 15 nitrogen and oxygen atoms in total. The van der Waals surface area contributed by atoms with Crippen LogP contribution in [0.2, 0.25) is 0 Å². The number of hydrogen-bond donors (Lipinski definition) is 3.